The van der Waals surface area contributed by atoms with Crippen LogP contribution in [0.5, 0.6) is 11.5 Å². The van der Waals surface area contributed by atoms with E-state index in [2.05, 4.69) is 4.98 Å². The monoisotopic (exact) mass is 355 g/mol. The highest BCUT2D eigenvalue weighted by Crippen LogP contribution is 2.28. The molecule has 1 heterocycles. The van der Waals surface area contributed by atoms with E-state index in [0.717, 1.165) is 0 Å². The third-order valence-electron chi connectivity index (χ3n) is 3.86. The Labute approximate surface area is 150 Å². The molecule has 5 nitrogen and oxygen atoms in total. The molecule has 0 unspecified atom stereocenters. The van der Waals surface area contributed by atoms with Gasteiger partial charge in [0.1, 0.15) is 12.4 Å². The van der Waals surface area contributed by atoms with Crippen LogP contribution in [0.4, 0.5) is 4.39 Å². The van der Waals surface area contributed by atoms with Crippen molar-refractivity contribution in [3.63, 3.8) is 0 Å². The summed E-state index contributed by atoms with van der Waals surface area (Å²) in [6.45, 7) is 2.28. The fourth-order valence-electron chi connectivity index (χ4n) is 2.61. The van der Waals surface area contributed by atoms with Gasteiger partial charge in [-0.2, -0.15) is 0 Å². The highest BCUT2D eigenvalue weighted by molar-refractivity contribution is 5.90. The molecule has 0 bridgehead atoms. The molecule has 0 aliphatic heterocycles. The van der Waals surface area contributed by atoms with E-state index in [-0.39, 0.29) is 12.4 Å². The Balaban J connectivity index is 1.79. The van der Waals surface area contributed by atoms with E-state index in [4.69, 9.17) is 14.2 Å². The number of carbonyl (C=O) groups excluding carboxylic acids is 1. The summed E-state index contributed by atoms with van der Waals surface area (Å²) in [5.74, 6) is 0.136. The van der Waals surface area contributed by atoms with Gasteiger partial charge in [0.05, 0.1) is 24.8 Å². The number of methoxy groups -OCH3 is 1. The molecule has 6 heteroatoms. The van der Waals surface area contributed by atoms with Crippen molar-refractivity contribution in [3.8, 4) is 11.5 Å². The largest absolute Gasteiger partial charge is 0.493 e. The molecule has 0 radical (unpaired) electrons. The van der Waals surface area contributed by atoms with E-state index in [0.29, 0.717) is 40.1 Å². The zero-order valence-corrected chi connectivity index (χ0v) is 14.5. The van der Waals surface area contributed by atoms with Gasteiger partial charge in [0.25, 0.3) is 0 Å². The van der Waals surface area contributed by atoms with Gasteiger partial charge in [-0.05, 0) is 43.3 Å². The molecule has 0 saturated heterocycles. The molecule has 0 fully saturated rings. The predicted octanol–water partition coefficient (Wildman–Crippen LogP) is 4.14. The van der Waals surface area contributed by atoms with E-state index < -0.39 is 5.97 Å². The summed E-state index contributed by atoms with van der Waals surface area (Å²) in [7, 11) is 1.53. The number of hydrogen-bond donors (Lipinski definition) is 0. The molecule has 2 aromatic carbocycles. The van der Waals surface area contributed by atoms with Gasteiger partial charge in [0, 0.05) is 17.1 Å². The molecule has 0 spiro atoms. The number of nitrogens with zero attached hydrogens (tertiary/aromatic N) is 1. The highest BCUT2D eigenvalue weighted by atomic mass is 19.1. The second-order valence-electron chi connectivity index (χ2n) is 5.48. The number of hydrogen-bond acceptors (Lipinski definition) is 5. The van der Waals surface area contributed by atoms with Crippen LogP contribution in [0.25, 0.3) is 10.9 Å². The number of benzene rings is 2. The summed E-state index contributed by atoms with van der Waals surface area (Å²) in [4.78, 5) is 16.6. The summed E-state index contributed by atoms with van der Waals surface area (Å²) in [5, 5.41) is 0.393. The summed E-state index contributed by atoms with van der Waals surface area (Å²) in [6.07, 6.45) is 1.57. The fourth-order valence-corrected chi connectivity index (χ4v) is 2.61. The van der Waals surface area contributed by atoms with Crippen molar-refractivity contribution in [1.29, 1.82) is 0 Å². The highest BCUT2D eigenvalue weighted by Gasteiger charge is 2.14. The maximum atomic E-state index is 13.8. The Morgan fingerprint density at radius 2 is 2.00 bits per heavy atom. The Kier molecular flexibility index (Phi) is 5.31. The van der Waals surface area contributed by atoms with Crippen molar-refractivity contribution in [3.05, 3.63) is 65.6 Å². The summed E-state index contributed by atoms with van der Waals surface area (Å²) in [5.41, 5.74) is 1.45. The quantitative estimate of drug-likeness (QED) is 0.622. The SMILES string of the molecule is CCOc1cc(C(=O)OCc2ccc(F)c3cccnc23)ccc1OC. The average Bonchev–Trinajstić information content (AvgIpc) is 2.67. The lowest BCUT2D eigenvalue weighted by molar-refractivity contribution is 0.0473. The molecule has 134 valence electrons. The van der Waals surface area contributed by atoms with Gasteiger partial charge in [-0.25, -0.2) is 9.18 Å². The first-order valence-electron chi connectivity index (χ1n) is 8.14. The van der Waals surface area contributed by atoms with Crippen LogP contribution in [0.1, 0.15) is 22.8 Å². The minimum Gasteiger partial charge on any atom is -0.493 e. The second-order valence-corrected chi connectivity index (χ2v) is 5.48. The predicted molar refractivity (Wildman–Crippen MR) is 95.0 cm³/mol. The number of halogens is 1. The Morgan fingerprint density at radius 3 is 2.77 bits per heavy atom. The van der Waals surface area contributed by atoms with E-state index >= 15 is 0 Å². The lowest BCUT2D eigenvalue weighted by atomic mass is 10.1. The van der Waals surface area contributed by atoms with E-state index in [9.17, 15) is 9.18 Å². The maximum absolute atomic E-state index is 13.8. The maximum Gasteiger partial charge on any atom is 0.338 e. The number of carbonyl (C=O) groups is 1. The fraction of sp³-hybridized carbons (Fsp3) is 0.200. The van der Waals surface area contributed by atoms with Crippen LogP contribution in [0, 0.1) is 5.82 Å². The first kappa shape index (κ1) is 17.7. The molecule has 0 aliphatic rings. The molecule has 26 heavy (non-hydrogen) atoms. The third kappa shape index (κ3) is 3.59. The molecule has 0 saturated carbocycles. The summed E-state index contributed by atoms with van der Waals surface area (Å²) >= 11 is 0. The van der Waals surface area contributed by atoms with Gasteiger partial charge < -0.3 is 14.2 Å². The molecule has 0 aliphatic carbocycles. The van der Waals surface area contributed by atoms with Crippen LogP contribution in [0.2, 0.25) is 0 Å². The first-order valence-corrected chi connectivity index (χ1v) is 8.14. The van der Waals surface area contributed by atoms with Gasteiger partial charge in [0.2, 0.25) is 0 Å². The van der Waals surface area contributed by atoms with Crippen LogP contribution in [0.15, 0.2) is 48.7 Å². The lowest BCUT2D eigenvalue weighted by Crippen LogP contribution is -2.07. The average molecular weight is 355 g/mol. The smallest absolute Gasteiger partial charge is 0.338 e. The molecule has 0 amide bonds. The van der Waals surface area contributed by atoms with Crippen molar-refractivity contribution >= 4 is 16.9 Å². The normalized spacial score (nSPS) is 10.6. The number of pyridine rings is 1. The first-order chi connectivity index (χ1) is 12.6. The molecule has 0 N–H and O–H groups in total. The number of fused-ring (bicyclic) bond motifs is 1. The molecular formula is C20H18FNO4. The van der Waals surface area contributed by atoms with Crippen LogP contribution in [0.3, 0.4) is 0 Å². The standard InChI is InChI=1S/C20H18FNO4/c1-3-25-18-11-13(7-9-17(18)24-2)20(23)26-12-14-6-8-16(21)15-5-4-10-22-19(14)15/h4-11H,3,12H2,1-2H3. The second kappa shape index (κ2) is 7.82. The molecular weight excluding hydrogens is 337 g/mol. The van der Waals surface area contributed by atoms with Crippen molar-refractivity contribution < 1.29 is 23.4 Å². The van der Waals surface area contributed by atoms with E-state index in [1.807, 2.05) is 6.92 Å². The Bertz CT molecular complexity index is 942. The number of aromatic nitrogens is 1. The number of esters is 1. The minimum atomic E-state index is -0.512. The van der Waals surface area contributed by atoms with Gasteiger partial charge in [-0.3, -0.25) is 4.98 Å². The molecule has 1 aromatic heterocycles. The number of ether oxygens (including phenoxy) is 3. The topological polar surface area (TPSA) is 57.7 Å². The van der Waals surface area contributed by atoms with E-state index in [1.165, 1.54) is 13.2 Å². The van der Waals surface area contributed by atoms with Gasteiger partial charge >= 0.3 is 5.97 Å². The molecule has 3 aromatic rings. The lowest BCUT2D eigenvalue weighted by Gasteiger charge is -2.11. The van der Waals surface area contributed by atoms with Crippen LogP contribution in [-0.2, 0) is 11.3 Å². The Hall–Kier alpha value is -3.15. The van der Waals surface area contributed by atoms with Gasteiger partial charge in [0.15, 0.2) is 11.5 Å². The van der Waals surface area contributed by atoms with Gasteiger partial charge in [-0.15, -0.1) is 0 Å². The summed E-state index contributed by atoms with van der Waals surface area (Å²) < 4.78 is 29.9. The third-order valence-corrected chi connectivity index (χ3v) is 3.86. The minimum absolute atomic E-state index is 0.0113. The van der Waals surface area contributed by atoms with E-state index in [1.54, 1.807) is 42.6 Å². The van der Waals surface area contributed by atoms with Crippen LogP contribution in [-0.4, -0.2) is 24.7 Å². The van der Waals surface area contributed by atoms with Crippen LogP contribution >= 0.6 is 0 Å². The molecule has 3 rings (SSSR count). The Morgan fingerprint density at radius 1 is 1.15 bits per heavy atom. The zero-order chi connectivity index (χ0) is 18.5. The van der Waals surface area contributed by atoms with Crippen molar-refractivity contribution in [2.75, 3.05) is 13.7 Å². The summed E-state index contributed by atoms with van der Waals surface area (Å²) in [6, 6.07) is 11.0. The molecule has 0 atom stereocenters. The van der Waals surface area contributed by atoms with Crippen LogP contribution < -0.4 is 9.47 Å². The number of rotatable bonds is 6. The van der Waals surface area contributed by atoms with Gasteiger partial charge in [-0.1, -0.05) is 6.07 Å². The van der Waals surface area contributed by atoms with Crippen molar-refractivity contribution in [1.82, 2.24) is 4.98 Å². The van der Waals surface area contributed by atoms with Crippen molar-refractivity contribution in [2.45, 2.75) is 13.5 Å². The zero-order valence-electron chi connectivity index (χ0n) is 14.5. The van der Waals surface area contributed by atoms with Crippen molar-refractivity contribution in [2.24, 2.45) is 0 Å².